The molecule has 0 saturated heterocycles. The molecule has 1 aromatic rings. The highest BCUT2D eigenvalue weighted by atomic mass is 15.2. The van der Waals surface area contributed by atoms with Gasteiger partial charge >= 0.3 is 0 Å². The molecule has 0 spiro atoms. The number of rotatable bonds is 9. The number of nitrogens with one attached hydrogen (secondary N) is 1. The highest BCUT2D eigenvalue weighted by Crippen LogP contribution is 2.34. The van der Waals surface area contributed by atoms with Crippen molar-refractivity contribution in [2.75, 3.05) is 19.6 Å². The summed E-state index contributed by atoms with van der Waals surface area (Å²) >= 11 is 0. The fourth-order valence-electron chi connectivity index (χ4n) is 3.05. The predicted molar refractivity (Wildman–Crippen MR) is 93.6 cm³/mol. The van der Waals surface area contributed by atoms with Crippen LogP contribution in [-0.2, 0) is 0 Å². The van der Waals surface area contributed by atoms with Crippen molar-refractivity contribution in [3.05, 3.63) is 35.9 Å². The van der Waals surface area contributed by atoms with Gasteiger partial charge in [-0.15, -0.1) is 0 Å². The van der Waals surface area contributed by atoms with Crippen LogP contribution in [0.25, 0.3) is 0 Å². The molecule has 0 heterocycles. The smallest absolute Gasteiger partial charge is 0.0384 e. The Kier molecular flexibility index (Phi) is 7.41. The van der Waals surface area contributed by atoms with Crippen LogP contribution in [-0.4, -0.2) is 30.6 Å². The number of hydrogen-bond donors (Lipinski definition) is 1. The van der Waals surface area contributed by atoms with Crippen LogP contribution in [0.3, 0.4) is 0 Å². The van der Waals surface area contributed by atoms with Gasteiger partial charge in [-0.1, -0.05) is 58.0 Å². The fourth-order valence-corrected chi connectivity index (χ4v) is 3.05. The maximum atomic E-state index is 3.77. The molecule has 0 bridgehead atoms. The molecule has 2 nitrogen and oxygen atoms in total. The minimum Gasteiger partial charge on any atom is -0.309 e. The zero-order valence-electron chi connectivity index (χ0n) is 14.8. The van der Waals surface area contributed by atoms with Crippen LogP contribution in [0, 0.1) is 5.41 Å². The minimum absolute atomic E-state index is 0.191. The highest BCUT2D eigenvalue weighted by Gasteiger charge is 2.32. The molecule has 120 valence electrons. The first kappa shape index (κ1) is 18.2. The molecule has 0 saturated carbocycles. The second-order valence-corrected chi connectivity index (χ2v) is 6.94. The molecule has 0 amide bonds. The van der Waals surface area contributed by atoms with E-state index in [9.17, 15) is 0 Å². The number of benzene rings is 1. The lowest BCUT2D eigenvalue weighted by atomic mass is 9.79. The Morgan fingerprint density at radius 2 is 1.71 bits per heavy atom. The van der Waals surface area contributed by atoms with E-state index in [-0.39, 0.29) is 5.41 Å². The van der Waals surface area contributed by atoms with Crippen LogP contribution in [0.2, 0.25) is 0 Å². The summed E-state index contributed by atoms with van der Waals surface area (Å²) in [5.41, 5.74) is 1.59. The van der Waals surface area contributed by atoms with Crippen LogP contribution in [0.15, 0.2) is 30.3 Å². The van der Waals surface area contributed by atoms with Crippen LogP contribution >= 0.6 is 0 Å². The summed E-state index contributed by atoms with van der Waals surface area (Å²) in [7, 11) is 0. The molecule has 0 aromatic heterocycles. The van der Waals surface area contributed by atoms with Crippen LogP contribution in [0.5, 0.6) is 0 Å². The third-order valence-electron chi connectivity index (χ3n) is 4.26. The molecule has 0 aliphatic rings. The van der Waals surface area contributed by atoms with E-state index >= 15 is 0 Å². The van der Waals surface area contributed by atoms with E-state index in [1.54, 1.807) is 0 Å². The van der Waals surface area contributed by atoms with Gasteiger partial charge in [0.15, 0.2) is 0 Å². The molecule has 1 N–H and O–H groups in total. The van der Waals surface area contributed by atoms with E-state index in [4.69, 9.17) is 0 Å². The molecule has 0 aliphatic heterocycles. The average molecular weight is 290 g/mol. The van der Waals surface area contributed by atoms with Crippen molar-refractivity contribution in [2.24, 2.45) is 5.41 Å². The van der Waals surface area contributed by atoms with E-state index < -0.39 is 0 Å². The SMILES string of the molecule is CCCNC(c1ccccc1)C(C)(C)CN(CC)C(C)C. The van der Waals surface area contributed by atoms with Gasteiger partial charge in [0.2, 0.25) is 0 Å². The Bertz CT molecular complexity index is 384. The molecule has 1 atom stereocenters. The minimum atomic E-state index is 0.191. The third-order valence-corrected chi connectivity index (χ3v) is 4.26. The monoisotopic (exact) mass is 290 g/mol. The second-order valence-electron chi connectivity index (χ2n) is 6.94. The zero-order chi connectivity index (χ0) is 15.9. The molecule has 1 rings (SSSR count). The standard InChI is InChI=1S/C19H34N2/c1-7-14-20-18(17-12-10-9-11-13-17)19(5,6)15-21(8-2)16(3)4/h9-13,16,18,20H,7-8,14-15H2,1-6H3. The van der Waals surface area contributed by atoms with Gasteiger partial charge in [0.1, 0.15) is 0 Å². The molecular formula is C19H34N2. The van der Waals surface area contributed by atoms with Crippen molar-refractivity contribution < 1.29 is 0 Å². The first-order chi connectivity index (χ1) is 9.92. The van der Waals surface area contributed by atoms with Gasteiger partial charge < -0.3 is 10.2 Å². The summed E-state index contributed by atoms with van der Waals surface area (Å²) in [5.74, 6) is 0. The summed E-state index contributed by atoms with van der Waals surface area (Å²) < 4.78 is 0. The molecular weight excluding hydrogens is 256 g/mol. The molecule has 1 aromatic carbocycles. The van der Waals surface area contributed by atoms with Gasteiger partial charge in [-0.25, -0.2) is 0 Å². The van der Waals surface area contributed by atoms with Crippen molar-refractivity contribution in [1.82, 2.24) is 10.2 Å². The van der Waals surface area contributed by atoms with Crippen LogP contribution < -0.4 is 5.32 Å². The zero-order valence-corrected chi connectivity index (χ0v) is 14.8. The van der Waals surface area contributed by atoms with Gasteiger partial charge in [0.25, 0.3) is 0 Å². The van der Waals surface area contributed by atoms with Crippen LogP contribution in [0.1, 0.15) is 59.6 Å². The Morgan fingerprint density at radius 3 is 2.19 bits per heavy atom. The third kappa shape index (κ3) is 5.44. The van der Waals surface area contributed by atoms with E-state index in [1.807, 2.05) is 0 Å². The Morgan fingerprint density at radius 1 is 1.10 bits per heavy atom. The maximum Gasteiger partial charge on any atom is 0.0384 e. The van der Waals surface area contributed by atoms with Crippen molar-refractivity contribution in [1.29, 1.82) is 0 Å². The van der Waals surface area contributed by atoms with Gasteiger partial charge in [0.05, 0.1) is 0 Å². The fraction of sp³-hybridized carbons (Fsp3) is 0.684. The Balaban J connectivity index is 2.94. The van der Waals surface area contributed by atoms with Crippen molar-refractivity contribution in [3.63, 3.8) is 0 Å². The van der Waals surface area contributed by atoms with Gasteiger partial charge in [0, 0.05) is 18.6 Å². The second kappa shape index (κ2) is 8.55. The molecule has 0 radical (unpaired) electrons. The lowest BCUT2D eigenvalue weighted by molar-refractivity contribution is 0.117. The maximum absolute atomic E-state index is 3.77. The first-order valence-corrected chi connectivity index (χ1v) is 8.44. The molecule has 0 fully saturated rings. The topological polar surface area (TPSA) is 15.3 Å². The lowest BCUT2D eigenvalue weighted by Crippen LogP contribution is -2.45. The van der Waals surface area contributed by atoms with E-state index in [0.717, 1.165) is 19.6 Å². The van der Waals surface area contributed by atoms with Crippen LogP contribution in [0.4, 0.5) is 0 Å². The van der Waals surface area contributed by atoms with E-state index in [0.29, 0.717) is 12.1 Å². The quantitative estimate of drug-likeness (QED) is 0.721. The average Bonchev–Trinajstić information content (AvgIpc) is 2.46. The van der Waals surface area contributed by atoms with Crippen molar-refractivity contribution in [3.8, 4) is 0 Å². The molecule has 1 unspecified atom stereocenters. The van der Waals surface area contributed by atoms with Gasteiger partial charge in [-0.3, -0.25) is 0 Å². The summed E-state index contributed by atoms with van der Waals surface area (Å²) in [6, 6.07) is 11.9. The summed E-state index contributed by atoms with van der Waals surface area (Å²) in [6.07, 6.45) is 1.17. The highest BCUT2D eigenvalue weighted by molar-refractivity contribution is 5.21. The normalized spacial score (nSPS) is 13.9. The number of nitrogens with zero attached hydrogens (tertiary/aromatic N) is 1. The van der Waals surface area contributed by atoms with Gasteiger partial charge in [-0.05, 0) is 44.3 Å². The summed E-state index contributed by atoms with van der Waals surface area (Å²) in [6.45, 7) is 17.1. The largest absolute Gasteiger partial charge is 0.309 e. The Labute approximate surface area is 131 Å². The van der Waals surface area contributed by atoms with E-state index in [1.165, 1.54) is 12.0 Å². The number of hydrogen-bond acceptors (Lipinski definition) is 2. The summed E-state index contributed by atoms with van der Waals surface area (Å²) in [5, 5.41) is 3.77. The van der Waals surface area contributed by atoms with E-state index in [2.05, 4.69) is 82.1 Å². The lowest BCUT2D eigenvalue weighted by Gasteiger charge is -2.40. The molecule has 2 heteroatoms. The van der Waals surface area contributed by atoms with Gasteiger partial charge in [-0.2, -0.15) is 0 Å². The van der Waals surface area contributed by atoms with Crippen molar-refractivity contribution >= 4 is 0 Å². The Hall–Kier alpha value is -0.860. The summed E-state index contributed by atoms with van der Waals surface area (Å²) in [4.78, 5) is 2.56. The van der Waals surface area contributed by atoms with Crippen molar-refractivity contribution in [2.45, 2.75) is 60.0 Å². The molecule has 0 aliphatic carbocycles. The predicted octanol–water partition coefficient (Wildman–Crippen LogP) is 4.48. The first-order valence-electron chi connectivity index (χ1n) is 8.44. The molecule has 21 heavy (non-hydrogen) atoms.